The molecule has 1 amide bonds. The van der Waals surface area contributed by atoms with Crippen molar-refractivity contribution in [3.8, 4) is 17.1 Å². The Bertz CT molecular complexity index is 1760. The van der Waals surface area contributed by atoms with E-state index in [9.17, 15) is 4.79 Å². The Balaban J connectivity index is 1.48. The minimum Gasteiger partial charge on any atom is -0.494 e. The molecular formula is C28H21N5O2. The number of nitrogens with zero attached hydrogens (tertiary/aromatic N) is 2. The average Bonchev–Trinajstić information content (AvgIpc) is 3.33. The Morgan fingerprint density at radius 2 is 1.69 bits per heavy atom. The molecule has 4 N–H and O–H groups in total. The zero-order chi connectivity index (χ0) is 23.9. The highest BCUT2D eigenvalue weighted by atomic mass is 16.5. The van der Waals surface area contributed by atoms with Crippen LogP contribution >= 0.6 is 0 Å². The predicted octanol–water partition coefficient (Wildman–Crippen LogP) is 5.78. The van der Waals surface area contributed by atoms with Crippen LogP contribution in [-0.2, 0) is 0 Å². The number of rotatable bonds is 5. The zero-order valence-electron chi connectivity index (χ0n) is 18.9. The molecule has 0 atom stereocenters. The number of nitrogens with one attached hydrogen (secondary N) is 2. The van der Waals surface area contributed by atoms with Crippen LogP contribution in [0.3, 0.4) is 0 Å². The molecule has 0 unspecified atom stereocenters. The second-order valence-corrected chi connectivity index (χ2v) is 8.22. The predicted molar refractivity (Wildman–Crippen MR) is 139 cm³/mol. The second kappa shape index (κ2) is 8.14. The summed E-state index contributed by atoms with van der Waals surface area (Å²) in [7, 11) is 1.65. The van der Waals surface area contributed by atoms with E-state index < -0.39 is 5.91 Å². The molecule has 7 nitrogen and oxygen atoms in total. The average molecular weight is 460 g/mol. The summed E-state index contributed by atoms with van der Waals surface area (Å²) >= 11 is 0. The van der Waals surface area contributed by atoms with Gasteiger partial charge in [0.15, 0.2) is 0 Å². The van der Waals surface area contributed by atoms with Gasteiger partial charge in [-0.1, -0.05) is 48.5 Å². The van der Waals surface area contributed by atoms with Gasteiger partial charge in [-0.2, -0.15) is 0 Å². The molecule has 0 fully saturated rings. The number of carbonyl (C=O) groups is 1. The molecule has 0 aliphatic carbocycles. The number of methoxy groups -OCH3 is 1. The molecule has 170 valence electrons. The van der Waals surface area contributed by atoms with Gasteiger partial charge in [-0.15, -0.1) is 0 Å². The van der Waals surface area contributed by atoms with E-state index in [0.717, 1.165) is 50.0 Å². The lowest BCUT2D eigenvalue weighted by Crippen LogP contribution is -2.11. The lowest BCUT2D eigenvalue weighted by Gasteiger charge is -2.15. The summed E-state index contributed by atoms with van der Waals surface area (Å²) in [5, 5.41) is 5.57. The van der Waals surface area contributed by atoms with Crippen molar-refractivity contribution in [2.75, 3.05) is 12.4 Å². The van der Waals surface area contributed by atoms with Gasteiger partial charge in [-0.25, -0.2) is 9.97 Å². The van der Waals surface area contributed by atoms with Crippen molar-refractivity contribution in [2.24, 2.45) is 5.73 Å². The van der Waals surface area contributed by atoms with Gasteiger partial charge in [-0.3, -0.25) is 4.79 Å². The molecule has 0 aliphatic heterocycles. The molecule has 0 bridgehead atoms. The fraction of sp³-hybridized carbons (Fsp3) is 0.0357. The van der Waals surface area contributed by atoms with E-state index in [4.69, 9.17) is 15.5 Å². The van der Waals surface area contributed by atoms with Gasteiger partial charge < -0.3 is 20.8 Å². The third-order valence-corrected chi connectivity index (χ3v) is 6.08. The molecular weight excluding hydrogens is 438 g/mol. The number of nitrogens with two attached hydrogens (primary N) is 1. The van der Waals surface area contributed by atoms with E-state index in [2.05, 4.69) is 21.4 Å². The van der Waals surface area contributed by atoms with Crippen molar-refractivity contribution in [3.05, 3.63) is 90.5 Å². The maximum absolute atomic E-state index is 11.8. The molecule has 2 heterocycles. The first-order valence-electron chi connectivity index (χ1n) is 11.1. The van der Waals surface area contributed by atoms with E-state index in [-0.39, 0.29) is 0 Å². The Morgan fingerprint density at radius 3 is 2.54 bits per heavy atom. The van der Waals surface area contributed by atoms with E-state index in [1.54, 1.807) is 19.2 Å². The van der Waals surface area contributed by atoms with Crippen molar-refractivity contribution in [3.63, 3.8) is 0 Å². The number of para-hydroxylation sites is 3. The van der Waals surface area contributed by atoms with Gasteiger partial charge in [0.1, 0.15) is 22.6 Å². The number of H-pyrrole nitrogens is 1. The summed E-state index contributed by atoms with van der Waals surface area (Å²) in [5.41, 5.74) is 11.6. The van der Waals surface area contributed by atoms with Gasteiger partial charge in [-0.05, 0) is 36.4 Å². The van der Waals surface area contributed by atoms with Gasteiger partial charge in [0.2, 0.25) is 0 Å². The number of ether oxygens (including phenoxy) is 1. The van der Waals surface area contributed by atoms with Crippen LogP contribution in [0.4, 0.5) is 11.4 Å². The lowest BCUT2D eigenvalue weighted by atomic mass is 10.1. The summed E-state index contributed by atoms with van der Waals surface area (Å²) in [6.45, 7) is 0. The Hall–Kier alpha value is -4.91. The van der Waals surface area contributed by atoms with Gasteiger partial charge in [0.05, 0.1) is 29.4 Å². The smallest absolute Gasteiger partial charge is 0.250 e. The molecule has 4 aromatic carbocycles. The fourth-order valence-corrected chi connectivity index (χ4v) is 4.44. The van der Waals surface area contributed by atoms with E-state index in [1.165, 1.54) is 0 Å². The zero-order valence-corrected chi connectivity index (χ0v) is 18.9. The maximum Gasteiger partial charge on any atom is 0.250 e. The molecule has 0 radical (unpaired) electrons. The van der Waals surface area contributed by atoms with Gasteiger partial charge >= 0.3 is 0 Å². The fourth-order valence-electron chi connectivity index (χ4n) is 4.44. The van der Waals surface area contributed by atoms with E-state index >= 15 is 0 Å². The van der Waals surface area contributed by atoms with Crippen LogP contribution in [0.5, 0.6) is 5.75 Å². The molecule has 0 aliphatic rings. The van der Waals surface area contributed by atoms with Crippen LogP contribution in [0.2, 0.25) is 0 Å². The van der Waals surface area contributed by atoms with Crippen LogP contribution < -0.4 is 15.8 Å². The first-order chi connectivity index (χ1) is 17.1. The first kappa shape index (κ1) is 20.7. The third-order valence-electron chi connectivity index (χ3n) is 6.08. The number of anilines is 2. The topological polar surface area (TPSA) is 106 Å². The van der Waals surface area contributed by atoms with Crippen LogP contribution in [-0.4, -0.2) is 28.0 Å². The summed E-state index contributed by atoms with van der Waals surface area (Å²) in [4.78, 5) is 24.6. The summed E-state index contributed by atoms with van der Waals surface area (Å²) < 4.78 is 5.58. The number of hydrogen-bond donors (Lipinski definition) is 3. The third kappa shape index (κ3) is 3.50. The second-order valence-electron chi connectivity index (χ2n) is 8.22. The van der Waals surface area contributed by atoms with Crippen molar-refractivity contribution in [1.82, 2.24) is 15.0 Å². The Morgan fingerprint density at radius 1 is 0.886 bits per heavy atom. The standard InChI is InChI=1S/C28H21N5O2/c1-35-23-14-6-10-19-24(18-9-2-3-12-21(18)31-26(19)23)30-17-8-4-7-16(15-17)28-32-22-13-5-11-20(27(29)34)25(22)33-28/h2-15H,1H3,(H2,29,34)(H,30,31)(H,32,33). The van der Waals surface area contributed by atoms with Crippen LogP contribution in [0.25, 0.3) is 44.2 Å². The number of imidazole rings is 1. The minimum absolute atomic E-state index is 0.392. The highest BCUT2D eigenvalue weighted by molar-refractivity contribution is 6.10. The monoisotopic (exact) mass is 459 g/mol. The van der Waals surface area contributed by atoms with Gasteiger partial charge in [0, 0.05) is 22.0 Å². The largest absolute Gasteiger partial charge is 0.494 e. The quantitative estimate of drug-likeness (QED) is 0.283. The number of primary amides is 1. The van der Waals surface area contributed by atoms with Crippen LogP contribution in [0.15, 0.2) is 84.9 Å². The highest BCUT2D eigenvalue weighted by Gasteiger charge is 2.15. The first-order valence-corrected chi connectivity index (χ1v) is 11.1. The molecule has 6 rings (SSSR count). The van der Waals surface area contributed by atoms with Crippen molar-refractivity contribution in [2.45, 2.75) is 0 Å². The lowest BCUT2D eigenvalue weighted by molar-refractivity contribution is 0.100. The normalized spacial score (nSPS) is 11.2. The number of fused-ring (bicyclic) bond motifs is 3. The number of aromatic amines is 1. The number of pyridine rings is 1. The van der Waals surface area contributed by atoms with Crippen LogP contribution in [0.1, 0.15) is 10.4 Å². The van der Waals surface area contributed by atoms with Crippen molar-refractivity contribution >= 4 is 50.1 Å². The van der Waals surface area contributed by atoms with E-state index in [1.807, 2.05) is 66.7 Å². The summed E-state index contributed by atoms with van der Waals surface area (Å²) in [5.74, 6) is 0.872. The molecule has 7 heteroatoms. The summed E-state index contributed by atoms with van der Waals surface area (Å²) in [6.07, 6.45) is 0. The van der Waals surface area contributed by atoms with Crippen molar-refractivity contribution in [1.29, 1.82) is 0 Å². The maximum atomic E-state index is 11.8. The number of aromatic nitrogens is 3. The number of carbonyl (C=O) groups excluding carboxylic acids is 1. The highest BCUT2D eigenvalue weighted by Crippen LogP contribution is 2.37. The molecule has 0 saturated carbocycles. The summed E-state index contributed by atoms with van der Waals surface area (Å²) in [6, 6.07) is 27.2. The number of hydrogen-bond acceptors (Lipinski definition) is 5. The molecule has 6 aromatic rings. The van der Waals surface area contributed by atoms with E-state index in [0.29, 0.717) is 16.9 Å². The van der Waals surface area contributed by atoms with Gasteiger partial charge in [0.25, 0.3) is 5.91 Å². The molecule has 2 aromatic heterocycles. The Kier molecular flexibility index (Phi) is 4.81. The number of benzene rings is 4. The van der Waals surface area contributed by atoms with Crippen LogP contribution in [0, 0.1) is 0 Å². The molecule has 0 saturated heterocycles. The van der Waals surface area contributed by atoms with Crippen molar-refractivity contribution < 1.29 is 9.53 Å². The minimum atomic E-state index is -0.504. The molecule has 0 spiro atoms. The number of amides is 1. The Labute approximate surface area is 200 Å². The SMILES string of the molecule is COc1cccc2c(Nc3cccc(-c4nc5c(C(N)=O)cccc5[nH]4)c3)c3ccccc3nc12. The molecule has 35 heavy (non-hydrogen) atoms.